The number of ether oxygens (including phenoxy) is 1. The van der Waals surface area contributed by atoms with Gasteiger partial charge in [0, 0.05) is 29.8 Å². The minimum atomic E-state index is -0.117. The molecule has 8 heteroatoms. The van der Waals surface area contributed by atoms with E-state index < -0.39 is 0 Å². The van der Waals surface area contributed by atoms with Gasteiger partial charge >= 0.3 is 0 Å². The van der Waals surface area contributed by atoms with Gasteiger partial charge in [-0.05, 0) is 48.0 Å². The molecule has 1 amide bonds. The first-order valence-corrected chi connectivity index (χ1v) is 10.2. The first kappa shape index (κ1) is 20.2. The van der Waals surface area contributed by atoms with Crippen molar-refractivity contribution in [3.63, 3.8) is 0 Å². The highest BCUT2D eigenvalue weighted by molar-refractivity contribution is 5.98. The molecule has 0 saturated carbocycles. The number of nitrogens with one attached hydrogen (secondary N) is 1. The van der Waals surface area contributed by atoms with Gasteiger partial charge in [-0.1, -0.05) is 18.2 Å². The van der Waals surface area contributed by atoms with Crippen molar-refractivity contribution in [2.45, 2.75) is 6.54 Å². The number of rotatable bonds is 5. The van der Waals surface area contributed by atoms with E-state index in [0.717, 1.165) is 16.8 Å². The number of anilines is 3. The molecule has 0 saturated heterocycles. The Balaban J connectivity index is 1.45. The van der Waals surface area contributed by atoms with Gasteiger partial charge in [0.05, 0.1) is 24.5 Å². The van der Waals surface area contributed by atoms with Gasteiger partial charge in [-0.25, -0.2) is 14.8 Å². The molecule has 0 atom stereocenters. The van der Waals surface area contributed by atoms with Crippen LogP contribution in [0, 0.1) is 6.57 Å². The number of amides is 1. The Morgan fingerprint density at radius 1 is 1.09 bits per heavy atom. The highest BCUT2D eigenvalue weighted by Crippen LogP contribution is 2.36. The van der Waals surface area contributed by atoms with Gasteiger partial charge in [0.15, 0.2) is 12.3 Å². The Morgan fingerprint density at radius 3 is 2.88 bits per heavy atom. The number of fused-ring (bicyclic) bond motifs is 1. The third-order valence-corrected chi connectivity index (χ3v) is 5.15. The van der Waals surface area contributed by atoms with Gasteiger partial charge in [-0.2, -0.15) is 0 Å². The van der Waals surface area contributed by atoms with E-state index in [1.807, 2.05) is 36.4 Å². The van der Waals surface area contributed by atoms with Crippen LogP contribution >= 0.6 is 0 Å². The Labute approximate surface area is 190 Å². The molecule has 4 aromatic rings. The van der Waals surface area contributed by atoms with Crippen LogP contribution in [0.15, 0.2) is 79.3 Å². The van der Waals surface area contributed by atoms with Crippen LogP contribution in [-0.4, -0.2) is 27.5 Å². The fraction of sp³-hybridized carbons (Fsp3) is 0.0800. The molecule has 0 unspecified atom stereocenters. The van der Waals surface area contributed by atoms with Crippen molar-refractivity contribution in [3.8, 4) is 17.0 Å². The summed E-state index contributed by atoms with van der Waals surface area (Å²) in [6.07, 6.45) is 5.12. The number of aromatic nitrogens is 3. The zero-order valence-electron chi connectivity index (χ0n) is 17.5. The summed E-state index contributed by atoms with van der Waals surface area (Å²) in [5, 5.41) is 3.14. The molecule has 160 valence electrons. The zero-order valence-corrected chi connectivity index (χ0v) is 17.5. The lowest BCUT2D eigenvalue weighted by Crippen LogP contribution is -2.38. The van der Waals surface area contributed by atoms with Crippen molar-refractivity contribution in [2.24, 2.45) is 0 Å². The van der Waals surface area contributed by atoms with Crippen LogP contribution in [0.1, 0.15) is 5.56 Å². The maximum Gasteiger partial charge on any atom is 0.265 e. The van der Waals surface area contributed by atoms with Gasteiger partial charge in [0.2, 0.25) is 5.95 Å². The average molecular weight is 434 g/mol. The summed E-state index contributed by atoms with van der Waals surface area (Å²) in [5.41, 5.74) is 4.39. The topological polar surface area (TPSA) is 84.6 Å². The van der Waals surface area contributed by atoms with Crippen molar-refractivity contribution < 1.29 is 9.53 Å². The Kier molecular flexibility index (Phi) is 5.35. The normalized spacial score (nSPS) is 12.5. The number of carbonyl (C=O) groups is 1. The van der Waals surface area contributed by atoms with Gasteiger partial charge in [-0.3, -0.25) is 9.78 Å². The van der Waals surface area contributed by atoms with Crippen LogP contribution in [-0.2, 0) is 11.3 Å². The second-order valence-corrected chi connectivity index (χ2v) is 7.36. The van der Waals surface area contributed by atoms with E-state index in [1.54, 1.807) is 47.8 Å². The number of nitrogens with zero attached hydrogens (tertiary/aromatic N) is 5. The predicted octanol–water partition coefficient (Wildman–Crippen LogP) is 4.76. The maximum atomic E-state index is 12.6. The van der Waals surface area contributed by atoms with Gasteiger partial charge < -0.3 is 15.0 Å². The number of hydrogen-bond donors (Lipinski definition) is 1. The standard InChI is InChI=1S/C25H18N6O2/c1-26-19-5-2-6-20(13-19)29-25-28-11-9-21(30-25)18-7-8-23-22(12-18)31(24(32)16-33-23)15-17-4-3-10-27-14-17/h2-14H,15-16H2,(H,28,29,30). The first-order valence-electron chi connectivity index (χ1n) is 10.2. The van der Waals surface area contributed by atoms with E-state index in [2.05, 4.69) is 25.1 Å². The van der Waals surface area contributed by atoms with Crippen LogP contribution < -0.4 is 15.0 Å². The zero-order chi connectivity index (χ0) is 22.6. The van der Waals surface area contributed by atoms with Crippen molar-refractivity contribution in [1.82, 2.24) is 15.0 Å². The first-order chi connectivity index (χ1) is 16.2. The summed E-state index contributed by atoms with van der Waals surface area (Å²) in [4.78, 5) is 30.8. The molecular formula is C25H18N6O2. The maximum absolute atomic E-state index is 12.6. The Bertz CT molecular complexity index is 1370. The smallest absolute Gasteiger partial charge is 0.265 e. The number of pyridine rings is 1. The molecule has 2 aromatic heterocycles. The minimum Gasteiger partial charge on any atom is -0.482 e. The van der Waals surface area contributed by atoms with Crippen molar-refractivity contribution in [2.75, 3.05) is 16.8 Å². The molecule has 2 aromatic carbocycles. The van der Waals surface area contributed by atoms with Gasteiger partial charge in [0.1, 0.15) is 5.75 Å². The summed E-state index contributed by atoms with van der Waals surface area (Å²) in [5.74, 6) is 0.936. The predicted molar refractivity (Wildman–Crippen MR) is 124 cm³/mol. The van der Waals surface area contributed by atoms with E-state index in [9.17, 15) is 4.79 Å². The van der Waals surface area contributed by atoms with Crippen LogP contribution in [0.25, 0.3) is 16.1 Å². The summed E-state index contributed by atoms with van der Waals surface area (Å²) >= 11 is 0. The quantitative estimate of drug-likeness (QED) is 0.456. The van der Waals surface area contributed by atoms with Crippen molar-refractivity contribution in [3.05, 3.63) is 96.2 Å². The lowest BCUT2D eigenvalue weighted by Gasteiger charge is -2.29. The number of carbonyl (C=O) groups excluding carboxylic acids is 1. The third-order valence-electron chi connectivity index (χ3n) is 5.15. The lowest BCUT2D eigenvalue weighted by molar-refractivity contribution is -0.121. The molecule has 0 aliphatic carbocycles. The fourth-order valence-electron chi connectivity index (χ4n) is 3.57. The largest absolute Gasteiger partial charge is 0.482 e. The van der Waals surface area contributed by atoms with Gasteiger partial charge in [0.25, 0.3) is 5.91 Å². The fourth-order valence-corrected chi connectivity index (χ4v) is 3.57. The van der Waals surface area contributed by atoms with Crippen LogP contribution in [0.4, 0.5) is 23.0 Å². The molecular weight excluding hydrogens is 416 g/mol. The molecule has 0 spiro atoms. The van der Waals surface area contributed by atoms with Crippen LogP contribution in [0.5, 0.6) is 5.75 Å². The third kappa shape index (κ3) is 4.34. The van der Waals surface area contributed by atoms with Crippen LogP contribution in [0.3, 0.4) is 0 Å². The molecule has 33 heavy (non-hydrogen) atoms. The Hall–Kier alpha value is -4.77. The number of benzene rings is 2. The van der Waals surface area contributed by atoms with Gasteiger partial charge in [-0.15, -0.1) is 0 Å². The molecule has 5 rings (SSSR count). The molecule has 0 radical (unpaired) electrons. The molecule has 8 nitrogen and oxygen atoms in total. The van der Waals surface area contributed by atoms with E-state index in [-0.39, 0.29) is 12.5 Å². The van der Waals surface area contributed by atoms with E-state index in [0.29, 0.717) is 35.3 Å². The Morgan fingerprint density at radius 2 is 2.03 bits per heavy atom. The average Bonchev–Trinajstić information content (AvgIpc) is 2.86. The minimum absolute atomic E-state index is 0.00213. The highest BCUT2D eigenvalue weighted by Gasteiger charge is 2.26. The monoisotopic (exact) mass is 434 g/mol. The molecule has 0 bridgehead atoms. The SMILES string of the molecule is [C-]#[N+]c1cccc(Nc2nccc(-c3ccc4c(c3)N(Cc3cccnc3)C(=O)CO4)n2)c1. The summed E-state index contributed by atoms with van der Waals surface area (Å²) in [7, 11) is 0. The summed E-state index contributed by atoms with van der Waals surface area (Å²) < 4.78 is 5.64. The second kappa shape index (κ2) is 8.77. The molecule has 1 N–H and O–H groups in total. The number of hydrogen-bond acceptors (Lipinski definition) is 6. The summed E-state index contributed by atoms with van der Waals surface area (Å²) in [6, 6.07) is 18.4. The summed E-state index contributed by atoms with van der Waals surface area (Å²) in [6.45, 7) is 7.57. The molecule has 1 aliphatic rings. The van der Waals surface area contributed by atoms with E-state index in [4.69, 9.17) is 11.3 Å². The highest BCUT2D eigenvalue weighted by atomic mass is 16.5. The molecule has 1 aliphatic heterocycles. The molecule has 3 heterocycles. The van der Waals surface area contributed by atoms with Crippen molar-refractivity contribution in [1.29, 1.82) is 0 Å². The van der Waals surface area contributed by atoms with Crippen molar-refractivity contribution >= 4 is 28.9 Å². The lowest BCUT2D eigenvalue weighted by atomic mass is 10.1. The van der Waals surface area contributed by atoms with E-state index >= 15 is 0 Å². The molecule has 0 fully saturated rings. The second-order valence-electron chi connectivity index (χ2n) is 7.36. The van der Waals surface area contributed by atoms with E-state index in [1.165, 1.54) is 0 Å². The van der Waals surface area contributed by atoms with Crippen LogP contribution in [0.2, 0.25) is 0 Å².